The maximum Gasteiger partial charge on any atom is 0.0482 e. The average Bonchev–Trinajstić information content (AvgIpc) is 2.87. The lowest BCUT2D eigenvalue weighted by atomic mass is 10.0. The monoisotopic (exact) mass is 232 g/mol. The number of hydrogen-bond donors (Lipinski definition) is 1. The van der Waals surface area contributed by atoms with Gasteiger partial charge < -0.3 is 9.72 Å². The van der Waals surface area contributed by atoms with Crippen molar-refractivity contribution >= 4 is 5.52 Å². The Balaban J connectivity index is 0.000000686. The molecule has 2 heteroatoms. The van der Waals surface area contributed by atoms with Crippen LogP contribution in [0, 0.1) is 0 Å². The number of hydrogen-bond acceptors (Lipinski definition) is 1. The van der Waals surface area contributed by atoms with E-state index in [1.807, 2.05) is 20.9 Å². The number of fused-ring (bicyclic) bond motifs is 1. The molecule has 0 saturated heterocycles. The number of aromatic nitrogens is 1. The van der Waals surface area contributed by atoms with E-state index < -0.39 is 0 Å². The molecule has 0 amide bonds. The van der Waals surface area contributed by atoms with Crippen LogP contribution in [0.15, 0.2) is 36.7 Å². The maximum atomic E-state index is 3.35. The minimum Gasteiger partial charge on any atom is -0.324 e. The third-order valence-corrected chi connectivity index (χ3v) is 3.02. The normalized spacial score (nSPS) is 12.0. The predicted octanol–water partition coefficient (Wildman–Crippen LogP) is 3.51. The van der Waals surface area contributed by atoms with E-state index in [9.17, 15) is 0 Å². The highest BCUT2D eigenvalue weighted by Gasteiger charge is 2.07. The fourth-order valence-corrected chi connectivity index (χ4v) is 2.02. The highest BCUT2D eigenvalue weighted by molar-refractivity contribution is 5.55. The summed E-state index contributed by atoms with van der Waals surface area (Å²) in [6.45, 7) is 6.22. The van der Waals surface area contributed by atoms with Crippen LogP contribution in [0.25, 0.3) is 5.52 Å². The molecule has 0 aromatic carbocycles. The first-order valence-corrected chi connectivity index (χ1v) is 6.57. The minimum atomic E-state index is 0.575. The molecule has 0 aliphatic heterocycles. The molecular weight excluding hydrogens is 208 g/mol. The van der Waals surface area contributed by atoms with Gasteiger partial charge in [-0.05, 0) is 43.7 Å². The van der Waals surface area contributed by atoms with Gasteiger partial charge in [-0.1, -0.05) is 26.8 Å². The van der Waals surface area contributed by atoms with Crippen molar-refractivity contribution in [2.75, 3.05) is 7.05 Å². The van der Waals surface area contributed by atoms with Crippen LogP contribution in [-0.2, 0) is 6.42 Å². The summed E-state index contributed by atoms with van der Waals surface area (Å²) in [5.74, 6) is 0. The number of pyridine rings is 1. The molecule has 0 aliphatic carbocycles. The molecular formula is C15H24N2. The lowest BCUT2D eigenvalue weighted by Gasteiger charge is -2.14. The number of nitrogens with one attached hydrogen (secondary N) is 1. The smallest absolute Gasteiger partial charge is 0.0482 e. The molecule has 1 unspecified atom stereocenters. The molecule has 94 valence electrons. The van der Waals surface area contributed by atoms with Gasteiger partial charge in [-0.15, -0.1) is 0 Å². The second-order valence-corrected chi connectivity index (χ2v) is 3.93. The molecule has 17 heavy (non-hydrogen) atoms. The molecule has 0 saturated carbocycles. The van der Waals surface area contributed by atoms with Crippen molar-refractivity contribution in [2.45, 2.75) is 39.7 Å². The molecule has 2 nitrogen and oxygen atoms in total. The Labute approximate surface area is 105 Å². The summed E-state index contributed by atoms with van der Waals surface area (Å²) in [5.41, 5.74) is 2.75. The molecule has 0 aliphatic rings. The average molecular weight is 232 g/mol. The zero-order valence-electron chi connectivity index (χ0n) is 11.4. The summed E-state index contributed by atoms with van der Waals surface area (Å²) in [6.07, 6.45) is 6.46. The van der Waals surface area contributed by atoms with Gasteiger partial charge in [0.25, 0.3) is 0 Å². The van der Waals surface area contributed by atoms with Crippen LogP contribution >= 0.6 is 0 Å². The van der Waals surface area contributed by atoms with E-state index in [-0.39, 0.29) is 0 Å². The molecule has 2 aromatic rings. The van der Waals surface area contributed by atoms with Crippen molar-refractivity contribution in [1.82, 2.24) is 9.72 Å². The topological polar surface area (TPSA) is 16.4 Å². The Bertz CT molecular complexity index is 427. The van der Waals surface area contributed by atoms with Crippen LogP contribution in [-0.4, -0.2) is 17.5 Å². The Morgan fingerprint density at radius 2 is 1.82 bits per heavy atom. The van der Waals surface area contributed by atoms with Gasteiger partial charge in [0, 0.05) is 24.0 Å². The van der Waals surface area contributed by atoms with Crippen LogP contribution in [0.4, 0.5) is 0 Å². The minimum absolute atomic E-state index is 0.575. The molecule has 0 radical (unpaired) electrons. The summed E-state index contributed by atoms with van der Waals surface area (Å²) in [4.78, 5) is 0. The standard InChI is InChI=1S/C13H18N2.C2H6/c1-3-12(14-2)10-11-6-4-8-15-9-5-7-13(11)15;1-2/h4-9,12,14H,3,10H2,1-2H3;1-2H3. The summed E-state index contributed by atoms with van der Waals surface area (Å²) < 4.78 is 2.18. The largest absolute Gasteiger partial charge is 0.324 e. The second kappa shape index (κ2) is 7.13. The molecule has 2 heterocycles. The highest BCUT2D eigenvalue weighted by Crippen LogP contribution is 2.14. The summed E-state index contributed by atoms with van der Waals surface area (Å²) in [7, 11) is 2.03. The Hall–Kier alpha value is -1.28. The lowest BCUT2D eigenvalue weighted by molar-refractivity contribution is 0.544. The van der Waals surface area contributed by atoms with Crippen molar-refractivity contribution in [1.29, 1.82) is 0 Å². The van der Waals surface area contributed by atoms with Gasteiger partial charge in [0.05, 0.1) is 0 Å². The first-order chi connectivity index (χ1) is 8.35. The summed E-state index contributed by atoms with van der Waals surface area (Å²) in [6, 6.07) is 9.18. The Morgan fingerprint density at radius 1 is 1.18 bits per heavy atom. The number of nitrogens with zero attached hydrogens (tertiary/aromatic N) is 1. The fourth-order valence-electron chi connectivity index (χ4n) is 2.02. The van der Waals surface area contributed by atoms with E-state index in [2.05, 4.69) is 53.3 Å². The van der Waals surface area contributed by atoms with Crippen LogP contribution in [0.1, 0.15) is 32.8 Å². The van der Waals surface area contributed by atoms with Gasteiger partial charge in [-0.3, -0.25) is 0 Å². The van der Waals surface area contributed by atoms with Gasteiger partial charge in [-0.25, -0.2) is 0 Å². The molecule has 0 bridgehead atoms. The zero-order valence-corrected chi connectivity index (χ0v) is 11.4. The summed E-state index contributed by atoms with van der Waals surface area (Å²) in [5, 5.41) is 3.35. The third kappa shape index (κ3) is 3.34. The van der Waals surface area contributed by atoms with Crippen molar-refractivity contribution in [3.8, 4) is 0 Å². The van der Waals surface area contributed by atoms with Crippen molar-refractivity contribution in [2.24, 2.45) is 0 Å². The van der Waals surface area contributed by atoms with Crippen molar-refractivity contribution < 1.29 is 0 Å². The zero-order chi connectivity index (χ0) is 12.7. The van der Waals surface area contributed by atoms with Gasteiger partial charge in [0.1, 0.15) is 0 Å². The van der Waals surface area contributed by atoms with E-state index in [0.29, 0.717) is 6.04 Å². The van der Waals surface area contributed by atoms with E-state index >= 15 is 0 Å². The van der Waals surface area contributed by atoms with Crippen LogP contribution in [0.3, 0.4) is 0 Å². The Morgan fingerprint density at radius 3 is 2.41 bits per heavy atom. The molecule has 2 aromatic heterocycles. The predicted molar refractivity (Wildman–Crippen MR) is 75.6 cm³/mol. The van der Waals surface area contributed by atoms with E-state index in [1.54, 1.807) is 0 Å². The first kappa shape index (κ1) is 13.8. The van der Waals surface area contributed by atoms with Crippen LogP contribution < -0.4 is 5.32 Å². The van der Waals surface area contributed by atoms with Crippen LogP contribution in [0.5, 0.6) is 0 Å². The number of likely N-dealkylation sites (N-methyl/N-ethyl adjacent to an activating group) is 1. The second-order valence-electron chi connectivity index (χ2n) is 3.93. The summed E-state index contributed by atoms with van der Waals surface area (Å²) >= 11 is 0. The fraction of sp³-hybridized carbons (Fsp3) is 0.467. The van der Waals surface area contributed by atoms with Crippen molar-refractivity contribution in [3.05, 3.63) is 42.2 Å². The molecule has 0 spiro atoms. The third-order valence-electron chi connectivity index (χ3n) is 3.02. The van der Waals surface area contributed by atoms with Gasteiger partial charge in [0.15, 0.2) is 0 Å². The number of rotatable bonds is 4. The molecule has 1 N–H and O–H groups in total. The molecule has 1 atom stereocenters. The van der Waals surface area contributed by atoms with Crippen LogP contribution in [0.2, 0.25) is 0 Å². The molecule has 0 fully saturated rings. The van der Waals surface area contributed by atoms with Gasteiger partial charge in [-0.2, -0.15) is 0 Å². The van der Waals surface area contributed by atoms with Gasteiger partial charge >= 0.3 is 0 Å². The Kier molecular flexibility index (Phi) is 5.78. The highest BCUT2D eigenvalue weighted by atomic mass is 14.9. The lowest BCUT2D eigenvalue weighted by Crippen LogP contribution is -2.26. The first-order valence-electron chi connectivity index (χ1n) is 6.57. The molecule has 2 rings (SSSR count). The van der Waals surface area contributed by atoms with E-state index in [1.165, 1.54) is 11.1 Å². The quantitative estimate of drug-likeness (QED) is 0.853. The van der Waals surface area contributed by atoms with Crippen molar-refractivity contribution in [3.63, 3.8) is 0 Å². The van der Waals surface area contributed by atoms with E-state index in [4.69, 9.17) is 0 Å². The van der Waals surface area contributed by atoms with Gasteiger partial charge in [0.2, 0.25) is 0 Å². The SMILES string of the molecule is CC.CCC(Cc1cccn2cccc12)NC. The van der Waals surface area contributed by atoms with E-state index in [0.717, 1.165) is 12.8 Å². The maximum absolute atomic E-state index is 3.35.